The smallest absolute Gasteiger partial charge is 0.272 e. The Labute approximate surface area is 208 Å². The van der Waals surface area contributed by atoms with Crippen LogP contribution in [0.25, 0.3) is 16.9 Å². The van der Waals surface area contributed by atoms with Crippen molar-refractivity contribution in [1.82, 2.24) is 14.7 Å². The van der Waals surface area contributed by atoms with Crippen LogP contribution in [-0.4, -0.2) is 53.9 Å². The summed E-state index contributed by atoms with van der Waals surface area (Å²) in [5, 5.41) is 5.36. The zero-order valence-electron chi connectivity index (χ0n) is 19.2. The fraction of sp³-hybridized carbons (Fsp3) is 0.185. The topological polar surface area (TPSA) is 50.6 Å². The zero-order valence-corrected chi connectivity index (χ0v) is 20.0. The van der Waals surface area contributed by atoms with Crippen molar-refractivity contribution >= 4 is 23.2 Å². The number of anilines is 1. The molecule has 1 aliphatic rings. The Kier molecular flexibility index (Phi) is 6.42. The summed E-state index contributed by atoms with van der Waals surface area (Å²) in [5.74, 6) is 0.325. The Bertz CT molecular complexity index is 1350. The monoisotopic (exact) mass is 490 g/mol. The molecule has 1 aromatic heterocycles. The van der Waals surface area contributed by atoms with Gasteiger partial charge in [-0.05, 0) is 54.6 Å². The summed E-state index contributed by atoms with van der Waals surface area (Å²) in [6.45, 7) is 2.05. The highest BCUT2D eigenvalue weighted by Crippen LogP contribution is 2.27. The number of halogens is 2. The number of rotatable bonds is 5. The van der Waals surface area contributed by atoms with Gasteiger partial charge in [-0.25, -0.2) is 9.07 Å². The maximum Gasteiger partial charge on any atom is 0.272 e. The predicted molar refractivity (Wildman–Crippen MR) is 135 cm³/mol. The van der Waals surface area contributed by atoms with Gasteiger partial charge in [-0.3, -0.25) is 4.79 Å². The number of amides is 1. The van der Waals surface area contributed by atoms with Crippen molar-refractivity contribution in [3.05, 3.63) is 95.4 Å². The Hall–Kier alpha value is -3.84. The van der Waals surface area contributed by atoms with Gasteiger partial charge in [0.25, 0.3) is 5.91 Å². The second kappa shape index (κ2) is 9.80. The number of para-hydroxylation sites is 1. The number of nitrogens with zero attached hydrogens (tertiary/aromatic N) is 4. The van der Waals surface area contributed by atoms with E-state index in [1.165, 1.54) is 6.07 Å². The largest absolute Gasteiger partial charge is 0.497 e. The number of benzene rings is 3. The van der Waals surface area contributed by atoms with Crippen LogP contribution in [0.3, 0.4) is 0 Å². The second-order valence-electron chi connectivity index (χ2n) is 8.27. The van der Waals surface area contributed by atoms with E-state index < -0.39 is 0 Å². The summed E-state index contributed by atoms with van der Waals surface area (Å²) in [6, 6.07) is 23.3. The highest BCUT2D eigenvalue weighted by Gasteiger charge is 2.27. The Balaban J connectivity index is 1.45. The van der Waals surface area contributed by atoms with E-state index in [4.69, 9.17) is 21.4 Å². The standard InChI is InChI=1S/C27H24ClFN4O2/c1-35-22-6-4-5-19(17-22)24-18-26(33(30-24)21-11-9-20(28)10-12-21)27(34)32-15-13-31(14-16-32)25-8-3-2-7-23(25)29/h2-12,17-18H,13-16H2,1H3. The molecule has 0 radical (unpaired) electrons. The van der Waals surface area contributed by atoms with E-state index in [2.05, 4.69) is 0 Å². The van der Waals surface area contributed by atoms with Gasteiger partial charge in [0.2, 0.25) is 0 Å². The van der Waals surface area contributed by atoms with E-state index in [-0.39, 0.29) is 11.7 Å². The molecule has 6 nitrogen and oxygen atoms in total. The zero-order chi connectivity index (χ0) is 24.4. The first-order valence-electron chi connectivity index (χ1n) is 11.3. The lowest BCUT2D eigenvalue weighted by Gasteiger charge is -2.36. The van der Waals surface area contributed by atoms with Gasteiger partial charge >= 0.3 is 0 Å². The van der Waals surface area contributed by atoms with Crippen LogP contribution in [0.2, 0.25) is 5.02 Å². The van der Waals surface area contributed by atoms with Gasteiger partial charge in [0.1, 0.15) is 17.3 Å². The van der Waals surface area contributed by atoms with Crippen molar-refractivity contribution in [3.63, 3.8) is 0 Å². The first-order chi connectivity index (χ1) is 17.0. The quantitative estimate of drug-likeness (QED) is 0.381. The fourth-order valence-corrected chi connectivity index (χ4v) is 4.38. The van der Waals surface area contributed by atoms with Gasteiger partial charge in [-0.15, -0.1) is 0 Å². The van der Waals surface area contributed by atoms with E-state index in [1.54, 1.807) is 47.0 Å². The predicted octanol–water partition coefficient (Wildman–Crippen LogP) is 5.30. The van der Waals surface area contributed by atoms with Crippen LogP contribution >= 0.6 is 11.6 Å². The molecule has 1 saturated heterocycles. The minimum absolute atomic E-state index is 0.130. The van der Waals surface area contributed by atoms with Gasteiger partial charge < -0.3 is 14.5 Å². The number of hydrogen-bond donors (Lipinski definition) is 0. The Morgan fingerprint density at radius 1 is 0.943 bits per heavy atom. The molecule has 1 fully saturated rings. The molecule has 0 unspecified atom stereocenters. The molecule has 8 heteroatoms. The summed E-state index contributed by atoms with van der Waals surface area (Å²) >= 11 is 6.08. The minimum atomic E-state index is -0.254. The molecule has 1 aliphatic heterocycles. The lowest BCUT2D eigenvalue weighted by molar-refractivity contribution is 0.0737. The molecular weight excluding hydrogens is 467 g/mol. The van der Waals surface area contributed by atoms with Crippen molar-refractivity contribution in [3.8, 4) is 22.7 Å². The van der Waals surface area contributed by atoms with Crippen LogP contribution in [-0.2, 0) is 0 Å². The lowest BCUT2D eigenvalue weighted by Crippen LogP contribution is -2.49. The van der Waals surface area contributed by atoms with Crippen LogP contribution in [0, 0.1) is 5.82 Å². The van der Waals surface area contributed by atoms with Crippen molar-refractivity contribution in [2.24, 2.45) is 0 Å². The number of ether oxygens (including phenoxy) is 1. The molecule has 0 spiro atoms. The van der Waals surface area contributed by atoms with Crippen molar-refractivity contribution in [2.45, 2.75) is 0 Å². The summed E-state index contributed by atoms with van der Waals surface area (Å²) in [5.41, 5.74) is 3.25. The van der Waals surface area contributed by atoms with Gasteiger partial charge in [0.05, 0.1) is 24.2 Å². The average Bonchev–Trinajstić information content (AvgIpc) is 3.35. The SMILES string of the molecule is COc1cccc(-c2cc(C(=O)N3CCN(c4ccccc4F)CC3)n(-c3ccc(Cl)cc3)n2)c1. The van der Waals surface area contributed by atoms with Gasteiger partial charge in [-0.1, -0.05) is 35.9 Å². The number of hydrogen-bond acceptors (Lipinski definition) is 4. The summed E-state index contributed by atoms with van der Waals surface area (Å²) in [4.78, 5) is 17.4. The van der Waals surface area contributed by atoms with E-state index >= 15 is 0 Å². The van der Waals surface area contributed by atoms with Crippen molar-refractivity contribution in [2.75, 3.05) is 38.2 Å². The number of carbonyl (C=O) groups is 1. The molecule has 0 bridgehead atoms. The van der Waals surface area contributed by atoms with Gasteiger partial charge in [0, 0.05) is 36.8 Å². The first-order valence-corrected chi connectivity index (χ1v) is 11.7. The molecule has 0 N–H and O–H groups in total. The minimum Gasteiger partial charge on any atom is -0.497 e. The molecule has 0 aliphatic carbocycles. The van der Waals surface area contributed by atoms with Crippen molar-refractivity contribution in [1.29, 1.82) is 0 Å². The molecular formula is C27H24ClFN4O2. The third kappa shape index (κ3) is 4.72. The van der Waals surface area contributed by atoms with Crippen LogP contribution in [0.15, 0.2) is 78.9 Å². The normalized spacial score (nSPS) is 13.7. The van der Waals surface area contributed by atoms with E-state index in [0.29, 0.717) is 54.0 Å². The van der Waals surface area contributed by atoms with E-state index in [1.807, 2.05) is 47.4 Å². The maximum absolute atomic E-state index is 14.2. The van der Waals surface area contributed by atoms with Crippen LogP contribution in [0.4, 0.5) is 10.1 Å². The van der Waals surface area contributed by atoms with Crippen molar-refractivity contribution < 1.29 is 13.9 Å². The average molecular weight is 491 g/mol. The Morgan fingerprint density at radius 3 is 2.40 bits per heavy atom. The molecule has 178 valence electrons. The molecule has 5 rings (SSSR count). The third-order valence-corrected chi connectivity index (χ3v) is 6.38. The molecule has 35 heavy (non-hydrogen) atoms. The number of carbonyl (C=O) groups excluding carboxylic acids is 1. The highest BCUT2D eigenvalue weighted by molar-refractivity contribution is 6.30. The molecule has 4 aromatic rings. The maximum atomic E-state index is 14.2. The molecule has 2 heterocycles. The lowest BCUT2D eigenvalue weighted by atomic mass is 10.1. The third-order valence-electron chi connectivity index (χ3n) is 6.13. The first kappa shape index (κ1) is 22.9. The van der Waals surface area contributed by atoms with Gasteiger partial charge in [-0.2, -0.15) is 5.10 Å². The number of methoxy groups -OCH3 is 1. The highest BCUT2D eigenvalue weighted by atomic mass is 35.5. The summed E-state index contributed by atoms with van der Waals surface area (Å²) in [6.07, 6.45) is 0. The van der Waals surface area contributed by atoms with E-state index in [0.717, 1.165) is 11.3 Å². The molecule has 0 saturated carbocycles. The van der Waals surface area contributed by atoms with E-state index in [9.17, 15) is 9.18 Å². The summed E-state index contributed by atoms with van der Waals surface area (Å²) in [7, 11) is 1.61. The Morgan fingerprint density at radius 2 is 1.69 bits per heavy atom. The van der Waals surface area contributed by atoms with Gasteiger partial charge in [0.15, 0.2) is 0 Å². The number of aromatic nitrogens is 2. The fourth-order valence-electron chi connectivity index (χ4n) is 4.26. The molecule has 0 atom stereocenters. The second-order valence-corrected chi connectivity index (χ2v) is 8.70. The number of piperazine rings is 1. The molecule has 1 amide bonds. The van der Waals surface area contributed by atoms with Crippen LogP contribution < -0.4 is 9.64 Å². The van der Waals surface area contributed by atoms with Crippen LogP contribution in [0.5, 0.6) is 5.75 Å². The van der Waals surface area contributed by atoms with Crippen LogP contribution in [0.1, 0.15) is 10.5 Å². The summed E-state index contributed by atoms with van der Waals surface area (Å²) < 4.78 is 21.2. The molecule has 3 aromatic carbocycles.